The van der Waals surface area contributed by atoms with Gasteiger partial charge in [0.1, 0.15) is 17.2 Å². The number of hydrogen-bond donors (Lipinski definition) is 2. The van der Waals surface area contributed by atoms with Gasteiger partial charge in [-0.15, -0.1) is 0 Å². The number of benzene rings is 3. The Balaban J connectivity index is 1.87. The van der Waals surface area contributed by atoms with Crippen LogP contribution in [0.2, 0.25) is 0 Å². The van der Waals surface area contributed by atoms with Gasteiger partial charge in [-0.1, -0.05) is 18.2 Å². The number of esters is 1. The highest BCUT2D eigenvalue weighted by Crippen LogP contribution is 2.56. The molecule has 2 N–H and O–H groups in total. The molecule has 2 aliphatic rings. The lowest BCUT2D eigenvalue weighted by atomic mass is 9.77. The van der Waals surface area contributed by atoms with Crippen LogP contribution in [-0.4, -0.2) is 22.2 Å². The summed E-state index contributed by atoms with van der Waals surface area (Å²) in [5, 5.41) is 19.2. The van der Waals surface area contributed by atoms with Gasteiger partial charge in [-0.05, 0) is 42.8 Å². The summed E-state index contributed by atoms with van der Waals surface area (Å²) in [6, 6.07) is 14.6. The maximum absolute atomic E-state index is 12.8. The van der Waals surface area contributed by atoms with Gasteiger partial charge >= 0.3 is 11.9 Å². The number of phenols is 1. The van der Waals surface area contributed by atoms with Crippen LogP contribution < -0.4 is 4.74 Å². The molecule has 6 heteroatoms. The number of fused-ring (bicyclic) bond motifs is 6. The van der Waals surface area contributed by atoms with E-state index in [0.717, 1.165) is 5.56 Å². The van der Waals surface area contributed by atoms with Crippen LogP contribution in [0.1, 0.15) is 43.0 Å². The molecular formula is C22H14O6. The van der Waals surface area contributed by atoms with Gasteiger partial charge in [0.2, 0.25) is 0 Å². The Hall–Kier alpha value is -3.80. The number of aromatic hydroxyl groups is 1. The van der Waals surface area contributed by atoms with Crippen molar-refractivity contribution in [3.8, 4) is 17.2 Å². The molecule has 5 rings (SSSR count). The summed E-state index contributed by atoms with van der Waals surface area (Å²) in [5.74, 6) is -0.812. The number of rotatable bonds is 1. The average molecular weight is 374 g/mol. The third-order valence-corrected chi connectivity index (χ3v) is 5.19. The fourth-order valence-electron chi connectivity index (χ4n) is 3.96. The molecule has 0 aliphatic carbocycles. The summed E-state index contributed by atoms with van der Waals surface area (Å²) in [6.45, 7) is 1.92. The summed E-state index contributed by atoms with van der Waals surface area (Å²) in [7, 11) is 0. The number of carboxylic acid groups (broad SMARTS) is 1. The van der Waals surface area contributed by atoms with Crippen molar-refractivity contribution in [1.82, 2.24) is 0 Å². The smallest absolute Gasteiger partial charge is 0.340 e. The topological polar surface area (TPSA) is 93.1 Å². The standard InChI is InChI=1S/C22H14O6/c1-11-2-5-16-18(8-11)27-19-10-13(23)4-7-17(19)22(16)15-6-3-12(20(24)25)9-14(15)21(26)28-22/h2-10,23H,1H3,(H,24,25). The largest absolute Gasteiger partial charge is 0.508 e. The van der Waals surface area contributed by atoms with E-state index >= 15 is 0 Å². The van der Waals surface area contributed by atoms with Crippen LogP contribution >= 0.6 is 0 Å². The van der Waals surface area contributed by atoms with E-state index in [-0.39, 0.29) is 16.9 Å². The van der Waals surface area contributed by atoms with Crippen molar-refractivity contribution in [3.63, 3.8) is 0 Å². The first-order valence-electron chi connectivity index (χ1n) is 8.64. The lowest BCUT2D eigenvalue weighted by molar-refractivity contribution is 0.0224. The average Bonchev–Trinajstić information content (AvgIpc) is 2.94. The Bertz CT molecular complexity index is 1140. The molecule has 0 saturated heterocycles. The monoisotopic (exact) mass is 374 g/mol. The predicted molar refractivity (Wildman–Crippen MR) is 98.1 cm³/mol. The molecule has 2 heterocycles. The van der Waals surface area contributed by atoms with Gasteiger partial charge in [0.05, 0.1) is 11.1 Å². The van der Waals surface area contributed by atoms with Crippen molar-refractivity contribution in [2.75, 3.05) is 0 Å². The minimum atomic E-state index is -1.27. The molecule has 138 valence electrons. The first-order valence-corrected chi connectivity index (χ1v) is 8.64. The Morgan fingerprint density at radius 1 is 0.929 bits per heavy atom. The Morgan fingerprint density at radius 3 is 2.36 bits per heavy atom. The molecule has 0 fully saturated rings. The molecule has 3 aromatic rings. The molecule has 0 bridgehead atoms. The molecule has 6 nitrogen and oxygen atoms in total. The van der Waals surface area contributed by atoms with Crippen LogP contribution in [0.4, 0.5) is 0 Å². The van der Waals surface area contributed by atoms with E-state index in [2.05, 4.69) is 0 Å². The number of ether oxygens (including phenoxy) is 2. The number of aromatic carboxylic acids is 1. The van der Waals surface area contributed by atoms with Crippen LogP contribution in [0.25, 0.3) is 0 Å². The van der Waals surface area contributed by atoms with Gasteiger partial charge in [-0.2, -0.15) is 0 Å². The summed E-state index contributed by atoms with van der Waals surface area (Å²) >= 11 is 0. The normalized spacial score (nSPS) is 18.7. The second-order valence-electron chi connectivity index (χ2n) is 6.92. The van der Waals surface area contributed by atoms with E-state index in [1.165, 1.54) is 24.3 Å². The molecule has 28 heavy (non-hydrogen) atoms. The fourth-order valence-corrected chi connectivity index (χ4v) is 3.96. The number of carbonyl (C=O) groups excluding carboxylic acids is 1. The van der Waals surface area contributed by atoms with E-state index in [1.807, 2.05) is 25.1 Å². The van der Waals surface area contributed by atoms with Crippen LogP contribution in [0.3, 0.4) is 0 Å². The van der Waals surface area contributed by atoms with E-state index in [1.54, 1.807) is 12.1 Å². The number of phenolic OH excluding ortho intramolecular Hbond substituents is 1. The molecule has 0 saturated carbocycles. The zero-order valence-corrected chi connectivity index (χ0v) is 14.7. The van der Waals surface area contributed by atoms with Crippen LogP contribution in [0.5, 0.6) is 17.2 Å². The molecular weight excluding hydrogens is 360 g/mol. The second kappa shape index (κ2) is 5.36. The maximum Gasteiger partial charge on any atom is 0.340 e. The van der Waals surface area contributed by atoms with Gasteiger partial charge in [-0.3, -0.25) is 0 Å². The van der Waals surface area contributed by atoms with Gasteiger partial charge in [0.25, 0.3) is 0 Å². The van der Waals surface area contributed by atoms with Crippen molar-refractivity contribution < 1.29 is 29.3 Å². The zero-order chi connectivity index (χ0) is 19.6. The van der Waals surface area contributed by atoms with E-state index in [4.69, 9.17) is 9.47 Å². The third-order valence-electron chi connectivity index (χ3n) is 5.19. The minimum Gasteiger partial charge on any atom is -0.508 e. The van der Waals surface area contributed by atoms with Gasteiger partial charge < -0.3 is 19.7 Å². The summed E-state index contributed by atoms with van der Waals surface area (Å²) in [5.41, 5.74) is 1.66. The number of aryl methyl sites for hydroxylation is 1. The van der Waals surface area contributed by atoms with Gasteiger partial charge in [0, 0.05) is 22.8 Å². The Labute approximate surface area is 159 Å². The maximum atomic E-state index is 12.8. The van der Waals surface area contributed by atoms with Crippen LogP contribution in [0.15, 0.2) is 54.6 Å². The van der Waals surface area contributed by atoms with E-state index in [0.29, 0.717) is 28.2 Å². The van der Waals surface area contributed by atoms with Crippen molar-refractivity contribution in [3.05, 3.63) is 88.0 Å². The third kappa shape index (κ3) is 2.02. The number of hydrogen-bond acceptors (Lipinski definition) is 5. The first kappa shape index (κ1) is 16.4. The second-order valence-corrected chi connectivity index (χ2v) is 6.92. The van der Waals surface area contributed by atoms with Crippen molar-refractivity contribution in [2.45, 2.75) is 12.5 Å². The van der Waals surface area contributed by atoms with Crippen molar-refractivity contribution in [2.24, 2.45) is 0 Å². The molecule has 0 aromatic heterocycles. The number of carboxylic acids is 1. The zero-order valence-electron chi connectivity index (χ0n) is 14.7. The Kier molecular flexibility index (Phi) is 3.13. The lowest BCUT2D eigenvalue weighted by Crippen LogP contribution is -2.33. The molecule has 0 amide bonds. The highest BCUT2D eigenvalue weighted by atomic mass is 16.6. The SMILES string of the molecule is Cc1ccc2c(c1)Oc1cc(O)ccc1C21OC(=O)c2cc(C(=O)O)ccc21. The van der Waals surface area contributed by atoms with Gasteiger partial charge in [-0.25, -0.2) is 9.59 Å². The minimum absolute atomic E-state index is 0.00914. The Morgan fingerprint density at radius 2 is 1.61 bits per heavy atom. The highest BCUT2D eigenvalue weighted by Gasteiger charge is 2.53. The van der Waals surface area contributed by atoms with Crippen LogP contribution in [-0.2, 0) is 10.3 Å². The molecule has 3 aromatic carbocycles. The highest BCUT2D eigenvalue weighted by molar-refractivity contribution is 6.00. The number of carbonyl (C=O) groups is 2. The molecule has 0 radical (unpaired) electrons. The van der Waals surface area contributed by atoms with Gasteiger partial charge in [0.15, 0.2) is 5.60 Å². The fraction of sp³-hybridized carbons (Fsp3) is 0.0909. The summed E-state index contributed by atoms with van der Waals surface area (Å²) in [4.78, 5) is 24.1. The van der Waals surface area contributed by atoms with E-state index in [9.17, 15) is 19.8 Å². The molecule has 1 spiro atoms. The lowest BCUT2D eigenvalue weighted by Gasteiger charge is -2.36. The van der Waals surface area contributed by atoms with E-state index < -0.39 is 17.5 Å². The van der Waals surface area contributed by atoms with Crippen LogP contribution in [0, 0.1) is 6.92 Å². The first-order chi connectivity index (χ1) is 13.4. The molecule has 1 atom stereocenters. The molecule has 2 aliphatic heterocycles. The van der Waals surface area contributed by atoms with Crippen molar-refractivity contribution in [1.29, 1.82) is 0 Å². The van der Waals surface area contributed by atoms with Crippen molar-refractivity contribution >= 4 is 11.9 Å². The summed E-state index contributed by atoms with van der Waals surface area (Å²) in [6.07, 6.45) is 0. The quantitative estimate of drug-likeness (QED) is 0.626. The summed E-state index contributed by atoms with van der Waals surface area (Å²) < 4.78 is 11.9. The molecule has 1 unspecified atom stereocenters. The predicted octanol–water partition coefficient (Wildman–Crippen LogP) is 3.97.